The van der Waals surface area contributed by atoms with Gasteiger partial charge in [0.05, 0.1) is 13.2 Å². The predicted molar refractivity (Wildman–Crippen MR) is 88.9 cm³/mol. The van der Waals surface area contributed by atoms with Crippen molar-refractivity contribution in [1.29, 1.82) is 0 Å². The molecule has 2 aromatic rings. The molecule has 8 heteroatoms. The van der Waals surface area contributed by atoms with E-state index in [-0.39, 0.29) is 5.91 Å². The first kappa shape index (κ1) is 17.7. The highest BCUT2D eigenvalue weighted by atomic mass is 35.5. The third kappa shape index (κ3) is 4.22. The van der Waals surface area contributed by atoms with Crippen molar-refractivity contribution in [2.45, 2.75) is 20.0 Å². The number of methoxy groups -OCH3 is 1. The van der Waals surface area contributed by atoms with Crippen molar-refractivity contribution in [3.05, 3.63) is 45.5 Å². The topological polar surface area (TPSA) is 60.2 Å². The van der Waals surface area contributed by atoms with E-state index in [4.69, 9.17) is 27.9 Å². The van der Waals surface area contributed by atoms with Gasteiger partial charge in [0.2, 0.25) is 0 Å². The Balaban J connectivity index is 2.13. The van der Waals surface area contributed by atoms with E-state index in [0.717, 1.165) is 5.56 Å². The second-order valence-electron chi connectivity index (χ2n) is 5.16. The lowest BCUT2D eigenvalue weighted by Crippen LogP contribution is -2.28. The smallest absolute Gasteiger partial charge is 0.254 e. The molecular weight excluding hydrogens is 339 g/mol. The summed E-state index contributed by atoms with van der Waals surface area (Å²) in [7, 11) is 3.32. The van der Waals surface area contributed by atoms with Crippen LogP contribution in [-0.2, 0) is 17.8 Å². The highest BCUT2D eigenvalue weighted by Gasteiger charge is 2.17. The number of hydrogen-bond acceptors (Lipinski definition) is 4. The van der Waals surface area contributed by atoms with Crippen LogP contribution in [0.1, 0.15) is 21.7 Å². The average Bonchev–Trinajstić information content (AvgIpc) is 2.96. The number of nitrogens with zero attached hydrogens (tertiary/aromatic N) is 4. The van der Waals surface area contributed by atoms with Crippen LogP contribution in [0.3, 0.4) is 0 Å². The average molecular weight is 357 g/mol. The third-order valence-electron chi connectivity index (χ3n) is 3.49. The molecule has 1 aromatic heterocycles. The summed E-state index contributed by atoms with van der Waals surface area (Å²) < 4.78 is 6.89. The van der Waals surface area contributed by atoms with Gasteiger partial charge >= 0.3 is 0 Å². The molecule has 0 bridgehead atoms. The van der Waals surface area contributed by atoms with Crippen molar-refractivity contribution in [2.75, 3.05) is 20.8 Å². The van der Waals surface area contributed by atoms with Crippen LogP contribution in [0, 0.1) is 6.92 Å². The summed E-state index contributed by atoms with van der Waals surface area (Å²) in [5, 5.41) is 8.86. The van der Waals surface area contributed by atoms with Gasteiger partial charge in [-0.25, -0.2) is 0 Å². The second kappa shape index (κ2) is 7.77. The van der Waals surface area contributed by atoms with Gasteiger partial charge in [-0.1, -0.05) is 23.2 Å². The van der Waals surface area contributed by atoms with E-state index >= 15 is 0 Å². The minimum Gasteiger partial charge on any atom is -0.383 e. The molecule has 0 spiro atoms. The Hall–Kier alpha value is -1.63. The van der Waals surface area contributed by atoms with Gasteiger partial charge in [-0.15, -0.1) is 10.2 Å². The largest absolute Gasteiger partial charge is 0.383 e. The molecule has 124 valence electrons. The number of halogens is 2. The minimum absolute atomic E-state index is 0.185. The van der Waals surface area contributed by atoms with Crippen LogP contribution in [0.4, 0.5) is 0 Å². The van der Waals surface area contributed by atoms with Crippen molar-refractivity contribution in [3.63, 3.8) is 0 Å². The van der Waals surface area contributed by atoms with E-state index in [1.54, 1.807) is 44.4 Å². The number of carbonyl (C=O) groups excluding carboxylic acids is 1. The summed E-state index contributed by atoms with van der Waals surface area (Å²) in [5.41, 5.74) is 1.20. The molecule has 0 aliphatic heterocycles. The Kier molecular flexibility index (Phi) is 5.98. The molecule has 1 heterocycles. The first-order valence-electron chi connectivity index (χ1n) is 7.00. The standard InChI is InChI=1S/C15H18Cl2N4O2/c1-10-12(16)6-11(7-13(10)17)15(22)20(2)8-14-19-18-9-21(14)4-5-23-3/h6-7,9H,4-5,8H2,1-3H3. The van der Waals surface area contributed by atoms with Crippen LogP contribution in [0.5, 0.6) is 0 Å². The molecule has 0 saturated carbocycles. The van der Waals surface area contributed by atoms with Gasteiger partial charge in [-0.05, 0) is 24.6 Å². The number of benzene rings is 1. The number of ether oxygens (including phenoxy) is 1. The summed E-state index contributed by atoms with van der Waals surface area (Å²) in [6.45, 7) is 3.31. The highest BCUT2D eigenvalue weighted by Crippen LogP contribution is 2.26. The lowest BCUT2D eigenvalue weighted by atomic mass is 10.1. The van der Waals surface area contributed by atoms with Gasteiger partial charge < -0.3 is 14.2 Å². The maximum absolute atomic E-state index is 12.5. The van der Waals surface area contributed by atoms with Gasteiger partial charge in [0.1, 0.15) is 6.33 Å². The molecule has 2 rings (SSSR count). The molecular formula is C15H18Cl2N4O2. The van der Waals surface area contributed by atoms with E-state index in [1.165, 1.54) is 0 Å². The Bertz CT molecular complexity index is 680. The van der Waals surface area contributed by atoms with Gasteiger partial charge in [-0.2, -0.15) is 0 Å². The molecule has 0 radical (unpaired) electrons. The van der Waals surface area contributed by atoms with E-state index in [0.29, 0.717) is 41.1 Å². The van der Waals surface area contributed by atoms with Crippen LogP contribution in [-0.4, -0.2) is 46.3 Å². The van der Waals surface area contributed by atoms with E-state index in [2.05, 4.69) is 10.2 Å². The van der Waals surface area contributed by atoms with Gasteiger partial charge in [-0.3, -0.25) is 4.79 Å². The van der Waals surface area contributed by atoms with Crippen LogP contribution >= 0.6 is 23.2 Å². The van der Waals surface area contributed by atoms with Crippen LogP contribution in [0.15, 0.2) is 18.5 Å². The summed E-state index contributed by atoms with van der Waals surface area (Å²) in [6.07, 6.45) is 1.62. The Morgan fingerprint density at radius 1 is 1.35 bits per heavy atom. The molecule has 0 fully saturated rings. The van der Waals surface area contributed by atoms with E-state index in [1.807, 2.05) is 4.57 Å². The molecule has 1 amide bonds. The second-order valence-corrected chi connectivity index (χ2v) is 5.97. The van der Waals surface area contributed by atoms with Crippen molar-refractivity contribution in [3.8, 4) is 0 Å². The molecule has 0 atom stereocenters. The predicted octanol–water partition coefficient (Wildman–Crippen LogP) is 2.81. The lowest BCUT2D eigenvalue weighted by Gasteiger charge is -2.18. The molecule has 6 nitrogen and oxygen atoms in total. The number of hydrogen-bond donors (Lipinski definition) is 0. The van der Waals surface area contributed by atoms with Gasteiger partial charge in [0.25, 0.3) is 5.91 Å². The normalized spacial score (nSPS) is 10.8. The van der Waals surface area contributed by atoms with Gasteiger partial charge in [0.15, 0.2) is 5.82 Å². The first-order valence-corrected chi connectivity index (χ1v) is 7.76. The molecule has 0 aliphatic carbocycles. The first-order chi connectivity index (χ1) is 10.9. The van der Waals surface area contributed by atoms with Crippen LogP contribution < -0.4 is 0 Å². The fraction of sp³-hybridized carbons (Fsp3) is 0.400. The van der Waals surface area contributed by atoms with Crippen molar-refractivity contribution < 1.29 is 9.53 Å². The summed E-state index contributed by atoms with van der Waals surface area (Å²) in [5.74, 6) is 0.497. The zero-order chi connectivity index (χ0) is 17.0. The van der Waals surface area contributed by atoms with Crippen molar-refractivity contribution in [1.82, 2.24) is 19.7 Å². The van der Waals surface area contributed by atoms with Gasteiger partial charge in [0, 0.05) is 36.3 Å². The van der Waals surface area contributed by atoms with Crippen molar-refractivity contribution >= 4 is 29.1 Å². The maximum Gasteiger partial charge on any atom is 0.254 e. The Morgan fingerprint density at radius 3 is 2.61 bits per heavy atom. The maximum atomic E-state index is 12.5. The molecule has 1 aromatic carbocycles. The number of carbonyl (C=O) groups is 1. The number of aromatic nitrogens is 3. The fourth-order valence-electron chi connectivity index (χ4n) is 2.05. The monoisotopic (exact) mass is 356 g/mol. The van der Waals surface area contributed by atoms with Crippen molar-refractivity contribution in [2.24, 2.45) is 0 Å². The SMILES string of the molecule is COCCn1cnnc1CN(C)C(=O)c1cc(Cl)c(C)c(Cl)c1. The quantitative estimate of drug-likeness (QED) is 0.798. The molecule has 0 N–H and O–H groups in total. The number of amides is 1. The fourth-order valence-corrected chi connectivity index (χ4v) is 2.54. The number of rotatable bonds is 6. The Labute approximate surface area is 145 Å². The third-order valence-corrected chi connectivity index (χ3v) is 4.27. The minimum atomic E-state index is -0.185. The zero-order valence-electron chi connectivity index (χ0n) is 13.2. The van der Waals surface area contributed by atoms with E-state index in [9.17, 15) is 4.79 Å². The summed E-state index contributed by atoms with van der Waals surface area (Å²) in [6, 6.07) is 3.24. The van der Waals surface area contributed by atoms with Crippen LogP contribution in [0.2, 0.25) is 10.0 Å². The van der Waals surface area contributed by atoms with Crippen LogP contribution in [0.25, 0.3) is 0 Å². The Morgan fingerprint density at radius 2 is 2.00 bits per heavy atom. The van der Waals surface area contributed by atoms with E-state index < -0.39 is 0 Å². The lowest BCUT2D eigenvalue weighted by molar-refractivity contribution is 0.0779. The summed E-state index contributed by atoms with van der Waals surface area (Å²) in [4.78, 5) is 14.1. The summed E-state index contributed by atoms with van der Waals surface area (Å²) >= 11 is 12.2. The molecule has 0 aliphatic rings. The molecule has 0 unspecified atom stereocenters. The zero-order valence-corrected chi connectivity index (χ0v) is 14.7. The molecule has 0 saturated heterocycles. The highest BCUT2D eigenvalue weighted by molar-refractivity contribution is 6.36. The molecule has 23 heavy (non-hydrogen) atoms.